The van der Waals surface area contributed by atoms with Gasteiger partial charge in [-0.2, -0.15) is 0 Å². The molecule has 2 heterocycles. The summed E-state index contributed by atoms with van der Waals surface area (Å²) in [6.07, 6.45) is 6.68. The van der Waals surface area contributed by atoms with Crippen LogP contribution in [0.5, 0.6) is 0 Å². The lowest BCUT2D eigenvalue weighted by Gasteiger charge is -2.46. The first-order valence-corrected chi connectivity index (χ1v) is 7.89. The molecule has 0 bridgehead atoms. The van der Waals surface area contributed by atoms with Crippen LogP contribution in [0.4, 0.5) is 0 Å². The zero-order valence-corrected chi connectivity index (χ0v) is 13.3. The molecule has 0 spiro atoms. The van der Waals surface area contributed by atoms with E-state index < -0.39 is 0 Å². The zero-order chi connectivity index (χ0) is 13.4. The largest absolute Gasteiger partial charge is 0.342 e. The summed E-state index contributed by atoms with van der Waals surface area (Å²) in [4.78, 5) is 17.2. The topological polar surface area (TPSA) is 49.6 Å². The Kier molecular flexibility index (Phi) is 5.32. The van der Waals surface area contributed by atoms with Crippen LogP contribution in [0.1, 0.15) is 38.5 Å². The van der Waals surface area contributed by atoms with Crippen molar-refractivity contribution in [2.75, 3.05) is 26.7 Å². The molecule has 1 saturated carbocycles. The van der Waals surface area contributed by atoms with Crippen molar-refractivity contribution in [1.29, 1.82) is 0 Å². The quantitative estimate of drug-likeness (QED) is 0.798. The van der Waals surface area contributed by atoms with Crippen molar-refractivity contribution in [2.45, 2.75) is 50.6 Å². The summed E-state index contributed by atoms with van der Waals surface area (Å²) in [5, 5.41) is 0. The smallest absolute Gasteiger partial charge is 0.225 e. The molecule has 4 nitrogen and oxygen atoms in total. The molecule has 3 aliphatic rings. The average Bonchev–Trinajstić information content (AvgIpc) is 2.84. The van der Waals surface area contributed by atoms with Gasteiger partial charge in [0.15, 0.2) is 0 Å². The van der Waals surface area contributed by atoms with Crippen LogP contribution < -0.4 is 5.73 Å². The second-order valence-corrected chi connectivity index (χ2v) is 6.79. The van der Waals surface area contributed by atoms with Gasteiger partial charge in [0.25, 0.3) is 0 Å². The molecule has 4 unspecified atom stereocenters. The maximum atomic E-state index is 12.6. The third-order valence-electron chi connectivity index (χ3n) is 5.48. The highest BCUT2D eigenvalue weighted by Gasteiger charge is 2.38. The van der Waals surface area contributed by atoms with Gasteiger partial charge in [0, 0.05) is 31.1 Å². The highest BCUT2D eigenvalue weighted by atomic mass is 35.5. The highest BCUT2D eigenvalue weighted by Crippen LogP contribution is 2.32. The minimum Gasteiger partial charge on any atom is -0.342 e. The molecule has 1 amide bonds. The van der Waals surface area contributed by atoms with E-state index in [-0.39, 0.29) is 24.4 Å². The zero-order valence-electron chi connectivity index (χ0n) is 12.5. The summed E-state index contributed by atoms with van der Waals surface area (Å²) in [5.74, 6) is 1.30. The van der Waals surface area contributed by atoms with Crippen molar-refractivity contribution in [3.05, 3.63) is 0 Å². The Morgan fingerprint density at radius 2 is 1.95 bits per heavy atom. The van der Waals surface area contributed by atoms with E-state index in [1.807, 2.05) is 0 Å². The molecule has 0 radical (unpaired) electrons. The van der Waals surface area contributed by atoms with Crippen LogP contribution in [0.25, 0.3) is 0 Å². The standard InChI is InChI=1S/C15H27N3O.ClH/c1-17-7-2-3-12-10-18(8-6-14(12)17)15(19)11-4-5-13(16)9-11;/h11-14H,2-10,16H2,1H3;1H. The molecule has 2 saturated heterocycles. The normalized spacial score (nSPS) is 38.2. The summed E-state index contributed by atoms with van der Waals surface area (Å²) in [6, 6.07) is 0.968. The lowest BCUT2D eigenvalue weighted by molar-refractivity contribution is -0.138. The number of rotatable bonds is 1. The van der Waals surface area contributed by atoms with Crippen molar-refractivity contribution in [3.8, 4) is 0 Å². The molecule has 1 aliphatic carbocycles. The van der Waals surface area contributed by atoms with Gasteiger partial charge in [-0.15, -0.1) is 12.4 Å². The van der Waals surface area contributed by atoms with Gasteiger partial charge in [-0.3, -0.25) is 4.79 Å². The third-order valence-corrected chi connectivity index (χ3v) is 5.48. The van der Waals surface area contributed by atoms with Crippen LogP contribution in [-0.4, -0.2) is 54.5 Å². The molecule has 2 aliphatic heterocycles. The first-order valence-electron chi connectivity index (χ1n) is 7.89. The van der Waals surface area contributed by atoms with E-state index >= 15 is 0 Å². The lowest BCUT2D eigenvalue weighted by Crippen LogP contribution is -2.54. The second-order valence-electron chi connectivity index (χ2n) is 6.79. The molecule has 3 fully saturated rings. The molecule has 116 valence electrons. The Balaban J connectivity index is 0.00000147. The van der Waals surface area contributed by atoms with Crippen LogP contribution in [0.2, 0.25) is 0 Å². The number of hydrogen-bond donors (Lipinski definition) is 1. The van der Waals surface area contributed by atoms with Crippen LogP contribution >= 0.6 is 12.4 Å². The van der Waals surface area contributed by atoms with Crippen LogP contribution in [0.3, 0.4) is 0 Å². The van der Waals surface area contributed by atoms with Gasteiger partial charge in [-0.25, -0.2) is 0 Å². The summed E-state index contributed by atoms with van der Waals surface area (Å²) in [5.41, 5.74) is 5.94. The predicted octanol–water partition coefficient (Wildman–Crippen LogP) is 1.48. The molecule has 0 aromatic heterocycles. The Morgan fingerprint density at radius 3 is 2.65 bits per heavy atom. The number of nitrogens with zero attached hydrogens (tertiary/aromatic N) is 2. The minimum absolute atomic E-state index is 0. The van der Waals surface area contributed by atoms with Crippen molar-refractivity contribution in [3.63, 3.8) is 0 Å². The van der Waals surface area contributed by atoms with Crippen LogP contribution in [0.15, 0.2) is 0 Å². The van der Waals surface area contributed by atoms with E-state index in [0.29, 0.717) is 17.9 Å². The van der Waals surface area contributed by atoms with Gasteiger partial charge < -0.3 is 15.5 Å². The number of likely N-dealkylation sites (tertiary alicyclic amines) is 2. The van der Waals surface area contributed by atoms with Crippen molar-refractivity contribution in [2.24, 2.45) is 17.6 Å². The summed E-state index contributed by atoms with van der Waals surface area (Å²) >= 11 is 0. The molecule has 20 heavy (non-hydrogen) atoms. The van der Waals surface area contributed by atoms with Gasteiger partial charge in [-0.05, 0) is 58.0 Å². The molecular weight excluding hydrogens is 274 g/mol. The summed E-state index contributed by atoms with van der Waals surface area (Å²) in [6.45, 7) is 3.17. The lowest BCUT2D eigenvalue weighted by atomic mass is 9.84. The summed E-state index contributed by atoms with van der Waals surface area (Å²) in [7, 11) is 2.24. The molecule has 2 N–H and O–H groups in total. The average molecular weight is 302 g/mol. The molecule has 0 aromatic rings. The molecule has 3 rings (SSSR count). The van der Waals surface area contributed by atoms with Gasteiger partial charge in [0.2, 0.25) is 5.91 Å². The van der Waals surface area contributed by atoms with Crippen molar-refractivity contribution >= 4 is 18.3 Å². The predicted molar refractivity (Wildman–Crippen MR) is 82.9 cm³/mol. The number of amides is 1. The van der Waals surface area contributed by atoms with E-state index in [0.717, 1.165) is 38.8 Å². The number of hydrogen-bond acceptors (Lipinski definition) is 3. The molecule has 0 aromatic carbocycles. The third kappa shape index (κ3) is 3.12. The minimum atomic E-state index is 0. The van der Waals surface area contributed by atoms with E-state index in [4.69, 9.17) is 5.73 Å². The first kappa shape index (κ1) is 16.1. The fourth-order valence-corrected chi connectivity index (χ4v) is 4.35. The van der Waals surface area contributed by atoms with Gasteiger partial charge >= 0.3 is 0 Å². The fraction of sp³-hybridized carbons (Fsp3) is 0.933. The number of fused-ring (bicyclic) bond motifs is 1. The Hall–Kier alpha value is -0.320. The van der Waals surface area contributed by atoms with E-state index in [1.165, 1.54) is 19.4 Å². The number of carbonyl (C=O) groups is 1. The molecule has 5 heteroatoms. The van der Waals surface area contributed by atoms with Crippen LogP contribution in [0, 0.1) is 11.8 Å². The number of nitrogens with two attached hydrogens (primary N) is 1. The second kappa shape index (κ2) is 6.63. The highest BCUT2D eigenvalue weighted by molar-refractivity contribution is 5.85. The summed E-state index contributed by atoms with van der Waals surface area (Å²) < 4.78 is 0. The number of halogens is 1. The maximum Gasteiger partial charge on any atom is 0.225 e. The van der Waals surface area contributed by atoms with Gasteiger partial charge in [0.1, 0.15) is 0 Å². The van der Waals surface area contributed by atoms with Crippen molar-refractivity contribution in [1.82, 2.24) is 9.80 Å². The number of piperidine rings is 2. The Labute approximate surface area is 128 Å². The van der Waals surface area contributed by atoms with E-state index in [2.05, 4.69) is 16.8 Å². The van der Waals surface area contributed by atoms with E-state index in [1.54, 1.807) is 0 Å². The monoisotopic (exact) mass is 301 g/mol. The fourth-order valence-electron chi connectivity index (χ4n) is 4.35. The maximum absolute atomic E-state index is 12.6. The first-order chi connectivity index (χ1) is 9.15. The molecular formula is C15H28ClN3O. The SMILES string of the molecule is CN1CCCC2CN(C(=O)C3CCC(N)C3)CCC21.Cl. The van der Waals surface area contributed by atoms with Crippen LogP contribution in [-0.2, 0) is 4.79 Å². The Morgan fingerprint density at radius 1 is 1.15 bits per heavy atom. The van der Waals surface area contributed by atoms with Gasteiger partial charge in [-0.1, -0.05) is 0 Å². The molecule has 4 atom stereocenters. The number of carbonyl (C=O) groups excluding carboxylic acids is 1. The Bertz CT molecular complexity index is 352. The van der Waals surface area contributed by atoms with E-state index in [9.17, 15) is 4.79 Å². The van der Waals surface area contributed by atoms with Gasteiger partial charge in [0.05, 0.1) is 0 Å². The van der Waals surface area contributed by atoms with Crippen molar-refractivity contribution < 1.29 is 4.79 Å².